The summed E-state index contributed by atoms with van der Waals surface area (Å²) in [5, 5.41) is 13.7. The van der Waals surface area contributed by atoms with Crippen LogP contribution in [-0.2, 0) is 4.79 Å². The number of hydrogen-bond acceptors (Lipinski definition) is 3. The first kappa shape index (κ1) is 16.0. The molecule has 0 aromatic heterocycles. The van der Waals surface area contributed by atoms with E-state index in [1.165, 1.54) is 12.8 Å². The maximum atomic E-state index is 11.1. The van der Waals surface area contributed by atoms with Gasteiger partial charge in [0.1, 0.15) is 13.1 Å². The Hall–Kier alpha value is -1.04. The van der Waals surface area contributed by atoms with E-state index in [9.17, 15) is 4.79 Å². The number of rotatable bonds is 4. The van der Waals surface area contributed by atoms with E-state index in [2.05, 4.69) is 15.6 Å². The van der Waals surface area contributed by atoms with Crippen molar-refractivity contribution < 1.29 is 4.79 Å². The Bertz CT molecular complexity index is 306. The molecular formula is C10H18IN5O. The van der Waals surface area contributed by atoms with Gasteiger partial charge in [0, 0.05) is 6.04 Å². The Morgan fingerprint density at radius 2 is 2.12 bits per heavy atom. The molecule has 0 aromatic rings. The van der Waals surface area contributed by atoms with E-state index in [0.717, 1.165) is 12.8 Å². The van der Waals surface area contributed by atoms with Crippen LogP contribution in [0.4, 0.5) is 0 Å². The van der Waals surface area contributed by atoms with Crippen LogP contribution in [0.1, 0.15) is 25.7 Å². The summed E-state index contributed by atoms with van der Waals surface area (Å²) in [5.74, 6) is 0.0109. The highest BCUT2D eigenvalue weighted by Gasteiger charge is 2.14. The SMILES string of the molecule is I.N#CCNC(=O)CN=C(N)NC1CCCC1. The second-order valence-corrected chi connectivity index (χ2v) is 3.76. The molecule has 1 amide bonds. The number of halogens is 1. The zero-order valence-corrected chi connectivity index (χ0v) is 11.9. The lowest BCUT2D eigenvalue weighted by molar-refractivity contribution is -0.119. The van der Waals surface area contributed by atoms with Crippen LogP contribution < -0.4 is 16.4 Å². The largest absolute Gasteiger partial charge is 0.370 e. The van der Waals surface area contributed by atoms with Crippen molar-refractivity contribution in [3.8, 4) is 6.07 Å². The fourth-order valence-electron chi connectivity index (χ4n) is 1.68. The number of carbonyl (C=O) groups is 1. The standard InChI is InChI=1S/C10H17N5O.HI/c11-5-6-13-9(16)7-14-10(12)15-8-3-1-2-4-8;/h8H,1-4,6-7H2,(H,13,16)(H3,12,14,15);1H. The van der Waals surface area contributed by atoms with Crippen molar-refractivity contribution in [2.75, 3.05) is 13.1 Å². The summed E-state index contributed by atoms with van der Waals surface area (Å²) >= 11 is 0. The number of aliphatic imine (C=N–C) groups is 1. The van der Waals surface area contributed by atoms with Gasteiger partial charge in [-0.2, -0.15) is 5.26 Å². The highest BCUT2D eigenvalue weighted by molar-refractivity contribution is 14.0. The molecule has 0 spiro atoms. The Kier molecular flexibility index (Phi) is 8.49. The van der Waals surface area contributed by atoms with Crippen molar-refractivity contribution in [1.82, 2.24) is 10.6 Å². The lowest BCUT2D eigenvalue weighted by atomic mass is 10.2. The molecule has 0 heterocycles. The average Bonchev–Trinajstić information content (AvgIpc) is 2.76. The maximum absolute atomic E-state index is 11.1. The molecule has 7 heteroatoms. The third-order valence-electron chi connectivity index (χ3n) is 2.46. The molecule has 4 N–H and O–H groups in total. The van der Waals surface area contributed by atoms with Crippen molar-refractivity contribution in [1.29, 1.82) is 5.26 Å². The van der Waals surface area contributed by atoms with Gasteiger partial charge in [-0.3, -0.25) is 4.79 Å². The van der Waals surface area contributed by atoms with Crippen LogP contribution in [0.3, 0.4) is 0 Å². The van der Waals surface area contributed by atoms with E-state index >= 15 is 0 Å². The molecule has 17 heavy (non-hydrogen) atoms. The molecule has 0 atom stereocenters. The molecule has 1 saturated carbocycles. The van der Waals surface area contributed by atoms with E-state index in [1.54, 1.807) is 0 Å². The monoisotopic (exact) mass is 351 g/mol. The second kappa shape index (κ2) is 9.04. The smallest absolute Gasteiger partial charge is 0.242 e. The number of nitrogens with two attached hydrogens (primary N) is 1. The van der Waals surface area contributed by atoms with Crippen LogP contribution in [0.5, 0.6) is 0 Å². The van der Waals surface area contributed by atoms with Crippen molar-refractivity contribution in [2.45, 2.75) is 31.7 Å². The summed E-state index contributed by atoms with van der Waals surface area (Å²) in [6.45, 7) is -0.0302. The van der Waals surface area contributed by atoms with Crippen LogP contribution in [0.15, 0.2) is 4.99 Å². The lowest BCUT2D eigenvalue weighted by Gasteiger charge is -2.11. The summed E-state index contributed by atoms with van der Waals surface area (Å²) in [6.07, 6.45) is 4.65. The molecule has 6 nitrogen and oxygen atoms in total. The average molecular weight is 351 g/mol. The summed E-state index contributed by atoms with van der Waals surface area (Å²) in [5.41, 5.74) is 5.62. The van der Waals surface area contributed by atoms with Gasteiger partial charge in [0.15, 0.2) is 5.96 Å². The first-order valence-electron chi connectivity index (χ1n) is 5.42. The Labute approximate surface area is 118 Å². The highest BCUT2D eigenvalue weighted by Crippen LogP contribution is 2.17. The van der Waals surface area contributed by atoms with Gasteiger partial charge in [0.25, 0.3) is 0 Å². The van der Waals surface area contributed by atoms with Crippen LogP contribution >= 0.6 is 24.0 Å². The third kappa shape index (κ3) is 6.99. The van der Waals surface area contributed by atoms with Gasteiger partial charge in [-0.25, -0.2) is 4.99 Å². The Morgan fingerprint density at radius 1 is 1.47 bits per heavy atom. The number of carbonyl (C=O) groups excluding carboxylic acids is 1. The minimum atomic E-state index is -0.294. The van der Waals surface area contributed by atoms with Gasteiger partial charge in [0.05, 0.1) is 6.07 Å². The van der Waals surface area contributed by atoms with E-state index in [0.29, 0.717) is 12.0 Å². The van der Waals surface area contributed by atoms with Crippen LogP contribution in [0.2, 0.25) is 0 Å². The molecule has 1 fully saturated rings. The fourth-order valence-corrected chi connectivity index (χ4v) is 1.68. The highest BCUT2D eigenvalue weighted by atomic mass is 127. The molecule has 1 aliphatic rings. The molecule has 0 bridgehead atoms. The number of amides is 1. The first-order valence-corrected chi connectivity index (χ1v) is 5.42. The number of nitrogens with one attached hydrogen (secondary N) is 2. The van der Waals surface area contributed by atoms with E-state index in [4.69, 9.17) is 11.0 Å². The van der Waals surface area contributed by atoms with Crippen molar-refractivity contribution in [3.05, 3.63) is 0 Å². The molecule has 0 aromatic carbocycles. The van der Waals surface area contributed by atoms with Crippen molar-refractivity contribution in [3.63, 3.8) is 0 Å². The molecule has 0 saturated heterocycles. The van der Waals surface area contributed by atoms with Crippen molar-refractivity contribution >= 4 is 35.8 Å². The normalized spacial score (nSPS) is 15.8. The van der Waals surface area contributed by atoms with Crippen LogP contribution in [-0.4, -0.2) is 31.0 Å². The molecule has 0 unspecified atom stereocenters. The van der Waals surface area contributed by atoms with Gasteiger partial charge in [-0.15, -0.1) is 24.0 Å². The number of guanidine groups is 1. The molecule has 1 aliphatic carbocycles. The first-order chi connectivity index (χ1) is 7.72. The quantitative estimate of drug-likeness (QED) is 0.289. The zero-order valence-electron chi connectivity index (χ0n) is 9.61. The van der Waals surface area contributed by atoms with Crippen molar-refractivity contribution in [2.24, 2.45) is 10.7 Å². The topological polar surface area (TPSA) is 103 Å². The summed E-state index contributed by atoms with van der Waals surface area (Å²) in [4.78, 5) is 15.0. The summed E-state index contributed by atoms with van der Waals surface area (Å²) in [6, 6.07) is 2.21. The zero-order chi connectivity index (χ0) is 11.8. The van der Waals surface area contributed by atoms with Gasteiger partial charge < -0.3 is 16.4 Å². The fraction of sp³-hybridized carbons (Fsp3) is 0.700. The molecule has 1 rings (SSSR count). The van der Waals surface area contributed by atoms with Crippen LogP contribution in [0.25, 0.3) is 0 Å². The molecule has 0 radical (unpaired) electrons. The third-order valence-corrected chi connectivity index (χ3v) is 2.46. The molecule has 0 aliphatic heterocycles. The summed E-state index contributed by atoms with van der Waals surface area (Å²) < 4.78 is 0. The second-order valence-electron chi connectivity index (χ2n) is 3.76. The maximum Gasteiger partial charge on any atom is 0.242 e. The predicted octanol–water partition coefficient (Wildman–Crippen LogP) is 0.0911. The minimum Gasteiger partial charge on any atom is -0.370 e. The van der Waals surface area contributed by atoms with E-state index < -0.39 is 0 Å². The van der Waals surface area contributed by atoms with Gasteiger partial charge in [0.2, 0.25) is 5.91 Å². The minimum absolute atomic E-state index is 0. The van der Waals surface area contributed by atoms with E-state index in [-0.39, 0.29) is 43.0 Å². The van der Waals surface area contributed by atoms with E-state index in [1.807, 2.05) is 6.07 Å². The molecule has 96 valence electrons. The van der Waals surface area contributed by atoms with Crippen LogP contribution in [0, 0.1) is 11.3 Å². The Morgan fingerprint density at radius 3 is 2.71 bits per heavy atom. The van der Waals surface area contributed by atoms with Gasteiger partial charge >= 0.3 is 0 Å². The molecular weight excluding hydrogens is 333 g/mol. The lowest BCUT2D eigenvalue weighted by Crippen LogP contribution is -2.39. The van der Waals surface area contributed by atoms with Gasteiger partial charge in [-0.05, 0) is 12.8 Å². The van der Waals surface area contributed by atoms with Gasteiger partial charge in [-0.1, -0.05) is 12.8 Å². The number of hydrogen-bond donors (Lipinski definition) is 3. The number of nitrogens with zero attached hydrogens (tertiary/aromatic N) is 2. The predicted molar refractivity (Wildman–Crippen MR) is 75.9 cm³/mol. The summed E-state index contributed by atoms with van der Waals surface area (Å²) in [7, 11) is 0. The number of nitriles is 1. The Balaban J connectivity index is 0.00000256.